The molecule has 0 aliphatic rings. The van der Waals surface area contributed by atoms with Gasteiger partial charge in [0.1, 0.15) is 5.75 Å². The molecule has 2 rings (SSSR count). The van der Waals surface area contributed by atoms with Gasteiger partial charge in [-0.1, -0.05) is 24.3 Å². The molecule has 0 unspecified atom stereocenters. The molecule has 7 heteroatoms. The van der Waals surface area contributed by atoms with E-state index in [0.717, 1.165) is 11.1 Å². The predicted octanol–water partition coefficient (Wildman–Crippen LogP) is 2.51. The van der Waals surface area contributed by atoms with Crippen molar-refractivity contribution in [3.63, 3.8) is 0 Å². The highest BCUT2D eigenvalue weighted by Crippen LogP contribution is 2.22. The van der Waals surface area contributed by atoms with Crippen LogP contribution >= 0.6 is 12.2 Å². The molecule has 1 amide bonds. The van der Waals surface area contributed by atoms with Crippen molar-refractivity contribution < 1.29 is 19.4 Å². The molecule has 0 bridgehead atoms. The van der Waals surface area contributed by atoms with E-state index in [9.17, 15) is 9.59 Å². The summed E-state index contributed by atoms with van der Waals surface area (Å²) in [6.07, 6.45) is 0. The fourth-order valence-electron chi connectivity index (χ4n) is 2.26. The van der Waals surface area contributed by atoms with Gasteiger partial charge in [-0.25, -0.2) is 4.79 Å². The summed E-state index contributed by atoms with van der Waals surface area (Å²) in [5.41, 5.74) is 2.31. The second-order valence-corrected chi connectivity index (χ2v) is 5.70. The molecule has 3 N–H and O–H groups in total. The lowest BCUT2D eigenvalue weighted by Crippen LogP contribution is -2.39. The maximum atomic E-state index is 12.3. The van der Waals surface area contributed by atoms with Gasteiger partial charge in [0.05, 0.1) is 18.2 Å². The number of thiocarbonyl (C=S) groups is 1. The number of aryl methyl sites for hydroxylation is 1. The van der Waals surface area contributed by atoms with Gasteiger partial charge in [0.25, 0.3) is 5.91 Å². The summed E-state index contributed by atoms with van der Waals surface area (Å²) >= 11 is 5.13. The molecule has 0 spiro atoms. The number of hydrogen-bond acceptors (Lipinski definition) is 4. The SMILES string of the molecule is COc1c(C)cccc1C(=O)NC(=S)NCc1ccc(C(=O)O)cc1. The first-order chi connectivity index (χ1) is 11.9. The zero-order valence-electron chi connectivity index (χ0n) is 13.8. The van der Waals surface area contributed by atoms with Crippen LogP contribution in [0.3, 0.4) is 0 Å². The number of carboxylic acids is 1. The minimum atomic E-state index is -0.977. The molecule has 0 saturated heterocycles. The Labute approximate surface area is 150 Å². The number of carbonyl (C=O) groups is 2. The van der Waals surface area contributed by atoms with Crippen LogP contribution in [0.2, 0.25) is 0 Å². The Bertz CT molecular complexity index is 803. The summed E-state index contributed by atoms with van der Waals surface area (Å²) in [7, 11) is 1.51. The van der Waals surface area contributed by atoms with Crippen molar-refractivity contribution in [3.05, 3.63) is 64.7 Å². The topological polar surface area (TPSA) is 87.7 Å². The van der Waals surface area contributed by atoms with Crippen molar-refractivity contribution in [2.45, 2.75) is 13.5 Å². The van der Waals surface area contributed by atoms with Crippen molar-refractivity contribution in [2.24, 2.45) is 0 Å². The number of benzene rings is 2. The number of aromatic carboxylic acids is 1. The Morgan fingerprint density at radius 2 is 1.84 bits per heavy atom. The smallest absolute Gasteiger partial charge is 0.335 e. The van der Waals surface area contributed by atoms with Crippen molar-refractivity contribution in [2.75, 3.05) is 7.11 Å². The molecular weight excluding hydrogens is 340 g/mol. The third kappa shape index (κ3) is 4.77. The summed E-state index contributed by atoms with van der Waals surface area (Å²) in [5, 5.41) is 14.6. The summed E-state index contributed by atoms with van der Waals surface area (Å²) < 4.78 is 5.27. The van der Waals surface area contributed by atoms with Crippen molar-refractivity contribution in [1.29, 1.82) is 0 Å². The summed E-state index contributed by atoms with van der Waals surface area (Å²) in [6, 6.07) is 11.7. The molecule has 2 aromatic rings. The Kier molecular flexibility index (Phi) is 6.08. The number of ether oxygens (including phenoxy) is 1. The highest BCUT2D eigenvalue weighted by Gasteiger charge is 2.14. The monoisotopic (exact) mass is 358 g/mol. The number of nitrogens with one attached hydrogen (secondary N) is 2. The van der Waals surface area contributed by atoms with Gasteiger partial charge < -0.3 is 15.2 Å². The Morgan fingerprint density at radius 3 is 2.44 bits per heavy atom. The number of carboxylic acid groups (broad SMARTS) is 1. The van der Waals surface area contributed by atoms with Crippen molar-refractivity contribution in [1.82, 2.24) is 10.6 Å². The molecule has 6 nitrogen and oxygen atoms in total. The number of carbonyl (C=O) groups excluding carboxylic acids is 1. The lowest BCUT2D eigenvalue weighted by molar-refractivity contribution is 0.0696. The van der Waals surface area contributed by atoms with Gasteiger partial charge >= 0.3 is 5.97 Å². The lowest BCUT2D eigenvalue weighted by Gasteiger charge is -2.13. The number of rotatable bonds is 5. The second-order valence-electron chi connectivity index (χ2n) is 5.29. The van der Waals surface area contributed by atoms with E-state index in [2.05, 4.69) is 10.6 Å². The van der Waals surface area contributed by atoms with Gasteiger partial charge in [-0.15, -0.1) is 0 Å². The van der Waals surface area contributed by atoms with Crippen LogP contribution in [0.1, 0.15) is 31.8 Å². The highest BCUT2D eigenvalue weighted by atomic mass is 32.1. The van der Waals surface area contributed by atoms with Crippen LogP contribution in [0.4, 0.5) is 0 Å². The second kappa shape index (κ2) is 8.25. The summed E-state index contributed by atoms with van der Waals surface area (Å²) in [6.45, 7) is 2.22. The maximum absolute atomic E-state index is 12.3. The van der Waals surface area contributed by atoms with Crippen LogP contribution in [0.5, 0.6) is 5.75 Å². The van der Waals surface area contributed by atoms with Gasteiger partial charge in [0.15, 0.2) is 5.11 Å². The normalized spacial score (nSPS) is 10.0. The molecule has 2 aromatic carbocycles. The van der Waals surface area contributed by atoms with Gasteiger partial charge in [-0.3, -0.25) is 10.1 Å². The van der Waals surface area contributed by atoms with Crippen LogP contribution in [0.15, 0.2) is 42.5 Å². The van der Waals surface area contributed by atoms with E-state index in [0.29, 0.717) is 17.9 Å². The van der Waals surface area contributed by atoms with Crippen LogP contribution in [0, 0.1) is 6.92 Å². The fraction of sp³-hybridized carbons (Fsp3) is 0.167. The largest absolute Gasteiger partial charge is 0.496 e. The van der Waals surface area contributed by atoms with E-state index < -0.39 is 5.97 Å². The zero-order valence-corrected chi connectivity index (χ0v) is 14.6. The van der Waals surface area contributed by atoms with Crippen LogP contribution in [0.25, 0.3) is 0 Å². The van der Waals surface area contributed by atoms with E-state index >= 15 is 0 Å². The number of methoxy groups -OCH3 is 1. The molecule has 0 radical (unpaired) electrons. The highest BCUT2D eigenvalue weighted by molar-refractivity contribution is 7.80. The van der Waals surface area contributed by atoms with Gasteiger partial charge in [-0.05, 0) is 48.5 Å². The zero-order chi connectivity index (χ0) is 18.4. The first-order valence-corrected chi connectivity index (χ1v) is 7.88. The van der Waals surface area contributed by atoms with Crippen molar-refractivity contribution >= 4 is 29.2 Å². The summed E-state index contributed by atoms with van der Waals surface area (Å²) in [5.74, 6) is -0.833. The third-order valence-corrected chi connectivity index (χ3v) is 3.79. The van der Waals surface area contributed by atoms with Crippen LogP contribution < -0.4 is 15.4 Å². The van der Waals surface area contributed by atoms with E-state index in [4.69, 9.17) is 22.1 Å². The molecule has 0 aliphatic carbocycles. The molecule has 25 heavy (non-hydrogen) atoms. The predicted molar refractivity (Wildman–Crippen MR) is 98.0 cm³/mol. The van der Waals surface area contributed by atoms with Gasteiger partial charge in [0, 0.05) is 6.54 Å². The minimum absolute atomic E-state index is 0.177. The first kappa shape index (κ1) is 18.4. The average molecular weight is 358 g/mol. The molecule has 0 aromatic heterocycles. The van der Waals surface area contributed by atoms with Crippen LogP contribution in [-0.2, 0) is 6.54 Å². The average Bonchev–Trinajstić information content (AvgIpc) is 2.60. The summed E-state index contributed by atoms with van der Waals surface area (Å²) in [4.78, 5) is 23.2. The van der Waals surface area contributed by atoms with E-state index in [1.54, 1.807) is 24.3 Å². The lowest BCUT2D eigenvalue weighted by atomic mass is 10.1. The van der Waals surface area contributed by atoms with E-state index in [1.165, 1.54) is 19.2 Å². The molecule has 0 fully saturated rings. The maximum Gasteiger partial charge on any atom is 0.335 e. The fourth-order valence-corrected chi connectivity index (χ4v) is 2.43. The Balaban J connectivity index is 1.95. The van der Waals surface area contributed by atoms with Crippen LogP contribution in [-0.4, -0.2) is 29.2 Å². The molecule has 130 valence electrons. The van der Waals surface area contributed by atoms with Gasteiger partial charge in [0.2, 0.25) is 0 Å². The van der Waals surface area contributed by atoms with E-state index in [-0.39, 0.29) is 16.6 Å². The Hall–Kier alpha value is -2.93. The van der Waals surface area contributed by atoms with Gasteiger partial charge in [-0.2, -0.15) is 0 Å². The molecule has 0 atom stereocenters. The number of amides is 1. The first-order valence-electron chi connectivity index (χ1n) is 7.47. The minimum Gasteiger partial charge on any atom is -0.496 e. The van der Waals surface area contributed by atoms with E-state index in [1.807, 2.05) is 13.0 Å². The van der Waals surface area contributed by atoms with Crippen molar-refractivity contribution in [3.8, 4) is 5.75 Å². The third-order valence-electron chi connectivity index (χ3n) is 3.54. The molecular formula is C18H18N2O4S. The number of hydrogen-bond donors (Lipinski definition) is 3. The molecule has 0 heterocycles. The Morgan fingerprint density at radius 1 is 1.16 bits per heavy atom. The standard InChI is InChI=1S/C18H18N2O4S/c1-11-4-3-5-14(15(11)24-2)16(21)20-18(25)19-10-12-6-8-13(9-7-12)17(22)23/h3-9H,10H2,1-2H3,(H,22,23)(H2,19,20,21,25). The molecule has 0 aliphatic heterocycles. The quantitative estimate of drug-likeness (QED) is 0.712. The molecule has 0 saturated carbocycles. The number of para-hydroxylation sites is 1.